The Morgan fingerprint density at radius 2 is 2.00 bits per heavy atom. The summed E-state index contributed by atoms with van der Waals surface area (Å²) in [6.45, 7) is 4.13. The predicted octanol–water partition coefficient (Wildman–Crippen LogP) is 2.24. The van der Waals surface area contributed by atoms with Gasteiger partial charge in [0.1, 0.15) is 0 Å². The van der Waals surface area contributed by atoms with E-state index in [2.05, 4.69) is 6.92 Å². The second-order valence-corrected chi connectivity index (χ2v) is 6.91. The van der Waals surface area contributed by atoms with E-state index in [-0.39, 0.29) is 11.8 Å². The third kappa shape index (κ3) is 3.45. The Kier molecular flexibility index (Phi) is 4.59. The molecule has 0 aromatic carbocycles. The van der Waals surface area contributed by atoms with E-state index < -0.39 is 10.0 Å². The molecule has 0 aromatic rings. The third-order valence-corrected chi connectivity index (χ3v) is 5.42. The molecule has 0 saturated heterocycles. The molecule has 1 aliphatic rings. The highest BCUT2D eigenvalue weighted by Crippen LogP contribution is 2.28. The average Bonchev–Trinajstić information content (AvgIpc) is 2.16. The number of rotatable bonds is 4. The van der Waals surface area contributed by atoms with E-state index in [9.17, 15) is 8.42 Å². The van der Waals surface area contributed by atoms with Gasteiger partial charge in [-0.05, 0) is 25.2 Å². The number of hydrogen-bond acceptors (Lipinski definition) is 2. The molecule has 1 fully saturated rings. The van der Waals surface area contributed by atoms with Crippen molar-refractivity contribution in [2.24, 2.45) is 5.92 Å². The van der Waals surface area contributed by atoms with Crippen molar-refractivity contribution in [3.8, 4) is 0 Å². The highest BCUT2D eigenvalue weighted by Gasteiger charge is 2.28. The van der Waals surface area contributed by atoms with Crippen molar-refractivity contribution in [1.29, 1.82) is 0 Å². The maximum Gasteiger partial charge on any atom is 0.214 e. The average molecular weight is 233 g/mol. The van der Waals surface area contributed by atoms with Crippen molar-refractivity contribution < 1.29 is 8.42 Å². The first kappa shape index (κ1) is 13.0. The second kappa shape index (κ2) is 5.30. The monoisotopic (exact) mass is 233 g/mol. The lowest BCUT2D eigenvalue weighted by Gasteiger charge is -2.33. The summed E-state index contributed by atoms with van der Waals surface area (Å²) >= 11 is 0. The largest absolute Gasteiger partial charge is 0.214 e. The van der Waals surface area contributed by atoms with E-state index in [0.717, 1.165) is 19.3 Å². The fourth-order valence-electron chi connectivity index (χ4n) is 2.36. The van der Waals surface area contributed by atoms with Crippen LogP contribution in [0.1, 0.15) is 46.0 Å². The van der Waals surface area contributed by atoms with Crippen LogP contribution in [0.4, 0.5) is 0 Å². The molecule has 0 heterocycles. The van der Waals surface area contributed by atoms with E-state index in [1.807, 2.05) is 6.92 Å². The lowest BCUT2D eigenvalue weighted by Crippen LogP contribution is -2.40. The lowest BCUT2D eigenvalue weighted by atomic mass is 9.87. The SMILES string of the molecule is CCCS(=O)(=O)N(C)C1CCCC(C)C1. The Balaban J connectivity index is 2.62. The van der Waals surface area contributed by atoms with Gasteiger partial charge in [0.05, 0.1) is 5.75 Å². The van der Waals surface area contributed by atoms with Crippen LogP contribution in [-0.4, -0.2) is 31.6 Å². The van der Waals surface area contributed by atoms with Gasteiger partial charge in [-0.25, -0.2) is 12.7 Å². The molecule has 2 atom stereocenters. The first-order valence-corrected chi connectivity index (χ1v) is 7.54. The molecule has 3 nitrogen and oxygen atoms in total. The van der Waals surface area contributed by atoms with Crippen LogP contribution < -0.4 is 0 Å². The molecule has 0 bridgehead atoms. The molecule has 2 unspecified atom stereocenters. The first-order valence-electron chi connectivity index (χ1n) is 5.93. The Morgan fingerprint density at radius 1 is 1.33 bits per heavy atom. The maximum absolute atomic E-state index is 11.9. The highest BCUT2D eigenvalue weighted by molar-refractivity contribution is 7.89. The Morgan fingerprint density at radius 3 is 2.53 bits per heavy atom. The summed E-state index contributed by atoms with van der Waals surface area (Å²) in [5.41, 5.74) is 0. The fraction of sp³-hybridized carbons (Fsp3) is 1.00. The topological polar surface area (TPSA) is 37.4 Å². The standard InChI is InChI=1S/C11H23NO2S/c1-4-8-15(13,14)12(3)11-7-5-6-10(2)9-11/h10-11H,4-9H2,1-3H3. The van der Waals surface area contributed by atoms with E-state index in [1.165, 1.54) is 6.42 Å². The van der Waals surface area contributed by atoms with Gasteiger partial charge in [-0.1, -0.05) is 26.7 Å². The molecule has 1 aliphatic carbocycles. The van der Waals surface area contributed by atoms with Crippen LogP contribution in [0.3, 0.4) is 0 Å². The van der Waals surface area contributed by atoms with Crippen LogP contribution in [0.15, 0.2) is 0 Å². The molecule has 1 saturated carbocycles. The van der Waals surface area contributed by atoms with Crippen LogP contribution in [0, 0.1) is 5.92 Å². The van der Waals surface area contributed by atoms with Crippen LogP contribution in [-0.2, 0) is 10.0 Å². The van der Waals surface area contributed by atoms with Crippen molar-refractivity contribution in [2.45, 2.75) is 52.0 Å². The Bertz CT molecular complexity index is 287. The number of hydrogen-bond donors (Lipinski definition) is 0. The van der Waals surface area contributed by atoms with E-state index >= 15 is 0 Å². The van der Waals surface area contributed by atoms with Crippen LogP contribution in [0.25, 0.3) is 0 Å². The zero-order valence-corrected chi connectivity index (χ0v) is 10.9. The zero-order chi connectivity index (χ0) is 11.5. The molecule has 0 aromatic heterocycles. The quantitative estimate of drug-likeness (QED) is 0.747. The highest BCUT2D eigenvalue weighted by atomic mass is 32.2. The van der Waals surface area contributed by atoms with Crippen LogP contribution in [0.5, 0.6) is 0 Å². The van der Waals surface area contributed by atoms with Gasteiger partial charge in [-0.15, -0.1) is 0 Å². The lowest BCUT2D eigenvalue weighted by molar-refractivity contribution is 0.239. The van der Waals surface area contributed by atoms with Gasteiger partial charge < -0.3 is 0 Å². The van der Waals surface area contributed by atoms with Gasteiger partial charge in [-0.2, -0.15) is 0 Å². The van der Waals surface area contributed by atoms with Crippen molar-refractivity contribution in [1.82, 2.24) is 4.31 Å². The normalized spacial score (nSPS) is 28.3. The molecule has 0 amide bonds. The molecular formula is C11H23NO2S. The summed E-state index contributed by atoms with van der Waals surface area (Å²) in [6, 6.07) is 0.241. The fourth-order valence-corrected chi connectivity index (χ4v) is 3.81. The maximum atomic E-state index is 11.9. The zero-order valence-electron chi connectivity index (χ0n) is 10.1. The predicted molar refractivity (Wildman–Crippen MR) is 63.3 cm³/mol. The molecule has 0 N–H and O–H groups in total. The van der Waals surface area contributed by atoms with Crippen molar-refractivity contribution in [3.63, 3.8) is 0 Å². The minimum absolute atomic E-state index is 0.241. The number of sulfonamides is 1. The smallest absolute Gasteiger partial charge is 0.212 e. The molecule has 4 heteroatoms. The summed E-state index contributed by atoms with van der Waals surface area (Å²) in [7, 11) is -1.26. The molecule has 0 aliphatic heterocycles. The minimum Gasteiger partial charge on any atom is -0.212 e. The Labute approximate surface area is 93.9 Å². The van der Waals surface area contributed by atoms with Gasteiger partial charge >= 0.3 is 0 Å². The van der Waals surface area contributed by atoms with Crippen LogP contribution >= 0.6 is 0 Å². The van der Waals surface area contributed by atoms with Crippen molar-refractivity contribution >= 4 is 10.0 Å². The first-order chi connectivity index (χ1) is 6.97. The summed E-state index contributed by atoms with van der Waals surface area (Å²) in [5.74, 6) is 0.956. The molecule has 1 rings (SSSR count). The summed E-state index contributed by atoms with van der Waals surface area (Å²) in [6.07, 6.45) is 5.17. The third-order valence-electron chi connectivity index (χ3n) is 3.32. The van der Waals surface area contributed by atoms with Crippen molar-refractivity contribution in [2.75, 3.05) is 12.8 Å². The minimum atomic E-state index is -3.00. The van der Waals surface area contributed by atoms with E-state index in [4.69, 9.17) is 0 Å². The molecule has 90 valence electrons. The van der Waals surface area contributed by atoms with E-state index in [0.29, 0.717) is 12.3 Å². The van der Waals surface area contributed by atoms with Gasteiger partial charge in [0.15, 0.2) is 0 Å². The molecule has 0 spiro atoms. The summed E-state index contributed by atoms with van der Waals surface area (Å²) < 4.78 is 25.3. The van der Waals surface area contributed by atoms with Crippen LogP contribution in [0.2, 0.25) is 0 Å². The van der Waals surface area contributed by atoms with Gasteiger partial charge in [0, 0.05) is 13.1 Å². The molecular weight excluding hydrogens is 210 g/mol. The summed E-state index contributed by atoms with van der Waals surface area (Å²) in [4.78, 5) is 0. The van der Waals surface area contributed by atoms with Gasteiger partial charge in [-0.3, -0.25) is 0 Å². The van der Waals surface area contributed by atoms with Gasteiger partial charge in [0.25, 0.3) is 0 Å². The van der Waals surface area contributed by atoms with Crippen molar-refractivity contribution in [3.05, 3.63) is 0 Å². The summed E-state index contributed by atoms with van der Waals surface area (Å²) in [5, 5.41) is 0. The van der Waals surface area contributed by atoms with Gasteiger partial charge in [0.2, 0.25) is 10.0 Å². The molecule has 0 radical (unpaired) electrons. The Hall–Kier alpha value is -0.0900. The van der Waals surface area contributed by atoms with E-state index in [1.54, 1.807) is 11.4 Å². The number of nitrogens with zero attached hydrogens (tertiary/aromatic N) is 1. The second-order valence-electron chi connectivity index (χ2n) is 4.76. The molecule has 15 heavy (non-hydrogen) atoms.